The van der Waals surface area contributed by atoms with Gasteiger partial charge in [0.2, 0.25) is 0 Å². The maximum Gasteiger partial charge on any atom is 0.310 e. The van der Waals surface area contributed by atoms with Crippen molar-refractivity contribution in [2.75, 3.05) is 20.2 Å². The molecule has 122 valence electrons. The smallest absolute Gasteiger partial charge is 0.310 e. The van der Waals surface area contributed by atoms with E-state index in [2.05, 4.69) is 4.90 Å². The zero-order chi connectivity index (χ0) is 16.2. The monoisotopic (exact) mass is 309 g/mol. The Morgan fingerprint density at radius 3 is 2.91 bits per heavy atom. The van der Waals surface area contributed by atoms with Gasteiger partial charge in [-0.1, -0.05) is 13.3 Å². The molecule has 0 amide bonds. The van der Waals surface area contributed by atoms with Gasteiger partial charge in [0, 0.05) is 18.7 Å². The van der Waals surface area contributed by atoms with Crippen LogP contribution in [-0.4, -0.2) is 36.2 Å². The second kappa shape index (κ2) is 7.09. The van der Waals surface area contributed by atoms with E-state index in [9.17, 15) is 14.3 Å². The molecular weight excluding hydrogens is 285 g/mol. The summed E-state index contributed by atoms with van der Waals surface area (Å²) in [6.45, 7) is 3.87. The third kappa shape index (κ3) is 3.58. The molecule has 0 radical (unpaired) electrons. The molecule has 0 bridgehead atoms. The Morgan fingerprint density at radius 1 is 1.50 bits per heavy atom. The van der Waals surface area contributed by atoms with E-state index in [0.29, 0.717) is 31.7 Å². The molecule has 1 N–H and O–H groups in total. The van der Waals surface area contributed by atoms with Gasteiger partial charge in [-0.3, -0.25) is 9.69 Å². The Labute approximate surface area is 130 Å². The van der Waals surface area contributed by atoms with Crippen molar-refractivity contribution in [1.29, 1.82) is 0 Å². The molecule has 0 saturated carbocycles. The minimum absolute atomic E-state index is 0.300. The van der Waals surface area contributed by atoms with Crippen LogP contribution in [0.3, 0.4) is 0 Å². The zero-order valence-corrected chi connectivity index (χ0v) is 13.3. The molecule has 0 aromatic heterocycles. The van der Waals surface area contributed by atoms with Gasteiger partial charge in [0.25, 0.3) is 0 Å². The van der Waals surface area contributed by atoms with Crippen LogP contribution in [0.4, 0.5) is 4.39 Å². The summed E-state index contributed by atoms with van der Waals surface area (Å²) >= 11 is 0. The van der Waals surface area contributed by atoms with Gasteiger partial charge in [0.05, 0.1) is 12.5 Å². The van der Waals surface area contributed by atoms with Crippen LogP contribution in [0, 0.1) is 11.2 Å². The number of carboxylic acid groups (broad SMARTS) is 1. The average Bonchev–Trinajstić information content (AvgIpc) is 2.48. The Balaban J connectivity index is 2.16. The number of rotatable bonds is 6. The number of ether oxygens (including phenoxy) is 1. The van der Waals surface area contributed by atoms with Gasteiger partial charge in [-0.2, -0.15) is 0 Å². The molecule has 1 fully saturated rings. The van der Waals surface area contributed by atoms with Crippen molar-refractivity contribution in [3.63, 3.8) is 0 Å². The number of nitrogens with zero attached hydrogens (tertiary/aromatic N) is 1. The minimum atomic E-state index is -0.717. The summed E-state index contributed by atoms with van der Waals surface area (Å²) in [4.78, 5) is 13.8. The number of halogens is 1. The quantitative estimate of drug-likeness (QED) is 0.876. The largest absolute Gasteiger partial charge is 0.496 e. The fraction of sp³-hybridized carbons (Fsp3) is 0.588. The highest BCUT2D eigenvalue weighted by Crippen LogP contribution is 2.36. The van der Waals surface area contributed by atoms with E-state index in [-0.39, 0.29) is 5.82 Å². The lowest BCUT2D eigenvalue weighted by Crippen LogP contribution is -2.47. The maximum atomic E-state index is 13.5. The highest BCUT2D eigenvalue weighted by atomic mass is 19.1. The maximum absolute atomic E-state index is 13.5. The third-order valence-corrected chi connectivity index (χ3v) is 4.47. The van der Waals surface area contributed by atoms with Crippen molar-refractivity contribution < 1.29 is 19.0 Å². The van der Waals surface area contributed by atoms with Crippen molar-refractivity contribution >= 4 is 5.97 Å². The summed E-state index contributed by atoms with van der Waals surface area (Å²) in [5, 5.41) is 9.64. The van der Waals surface area contributed by atoms with Gasteiger partial charge in [0.1, 0.15) is 11.6 Å². The molecule has 1 aromatic carbocycles. The van der Waals surface area contributed by atoms with E-state index < -0.39 is 11.4 Å². The standard InChI is InChI=1S/C17H24FNO3/c1-3-7-17(16(20)21)8-4-9-19(12-17)11-13-10-14(18)5-6-15(13)22-2/h5-6,10H,3-4,7-9,11-12H2,1-2H3,(H,20,21)/t17-/m0/s1. The number of carbonyl (C=O) groups is 1. The van der Waals surface area contributed by atoms with Crippen molar-refractivity contribution in [2.45, 2.75) is 39.2 Å². The van der Waals surface area contributed by atoms with Gasteiger partial charge in [0.15, 0.2) is 0 Å². The Kier molecular flexibility index (Phi) is 5.40. The molecular formula is C17H24FNO3. The van der Waals surface area contributed by atoms with Gasteiger partial charge < -0.3 is 9.84 Å². The first kappa shape index (κ1) is 16.7. The molecule has 1 heterocycles. The summed E-state index contributed by atoms with van der Waals surface area (Å²) in [6.07, 6.45) is 3.10. The summed E-state index contributed by atoms with van der Waals surface area (Å²) in [5.74, 6) is -0.375. The summed E-state index contributed by atoms with van der Waals surface area (Å²) in [5.41, 5.74) is 0.0910. The first-order valence-electron chi connectivity index (χ1n) is 7.79. The first-order chi connectivity index (χ1) is 10.5. The average molecular weight is 309 g/mol. The number of likely N-dealkylation sites (tertiary alicyclic amines) is 1. The van der Waals surface area contributed by atoms with Crippen LogP contribution in [0.25, 0.3) is 0 Å². The lowest BCUT2D eigenvalue weighted by Gasteiger charge is -2.40. The molecule has 1 aromatic rings. The highest BCUT2D eigenvalue weighted by molar-refractivity contribution is 5.75. The lowest BCUT2D eigenvalue weighted by molar-refractivity contribution is -0.153. The number of piperidine rings is 1. The molecule has 1 atom stereocenters. The van der Waals surface area contributed by atoms with Crippen LogP contribution >= 0.6 is 0 Å². The number of methoxy groups -OCH3 is 1. The molecule has 5 heteroatoms. The summed E-state index contributed by atoms with van der Waals surface area (Å²) < 4.78 is 18.7. The van der Waals surface area contributed by atoms with E-state index in [1.54, 1.807) is 13.2 Å². The molecule has 1 aliphatic rings. The molecule has 0 unspecified atom stereocenters. The predicted octanol–water partition coefficient (Wildman–Crippen LogP) is 3.30. The van der Waals surface area contributed by atoms with Crippen molar-refractivity contribution in [3.8, 4) is 5.75 Å². The topological polar surface area (TPSA) is 49.8 Å². The Hall–Kier alpha value is -1.62. The van der Waals surface area contributed by atoms with Crippen molar-refractivity contribution in [1.82, 2.24) is 4.90 Å². The molecule has 4 nitrogen and oxygen atoms in total. The van der Waals surface area contributed by atoms with Crippen LogP contribution in [0.1, 0.15) is 38.2 Å². The number of carboxylic acids is 1. The van der Waals surface area contributed by atoms with Crippen molar-refractivity contribution in [3.05, 3.63) is 29.6 Å². The second-order valence-electron chi connectivity index (χ2n) is 6.11. The lowest BCUT2D eigenvalue weighted by atomic mass is 9.76. The SMILES string of the molecule is CCC[C@]1(C(=O)O)CCCN(Cc2cc(F)ccc2OC)C1. The summed E-state index contributed by atoms with van der Waals surface area (Å²) in [7, 11) is 1.56. The van der Waals surface area contributed by atoms with Crippen LogP contribution < -0.4 is 4.74 Å². The second-order valence-corrected chi connectivity index (χ2v) is 6.11. The molecule has 0 aliphatic carbocycles. The predicted molar refractivity (Wildman–Crippen MR) is 82.4 cm³/mol. The van der Waals surface area contributed by atoms with E-state index in [1.807, 2.05) is 6.92 Å². The fourth-order valence-corrected chi connectivity index (χ4v) is 3.44. The van der Waals surface area contributed by atoms with Crippen LogP contribution in [0.2, 0.25) is 0 Å². The fourth-order valence-electron chi connectivity index (χ4n) is 3.44. The van der Waals surface area contributed by atoms with Gasteiger partial charge >= 0.3 is 5.97 Å². The third-order valence-electron chi connectivity index (χ3n) is 4.47. The Morgan fingerprint density at radius 2 is 2.27 bits per heavy atom. The number of hydrogen-bond acceptors (Lipinski definition) is 3. The van der Waals surface area contributed by atoms with Crippen molar-refractivity contribution in [2.24, 2.45) is 5.41 Å². The molecule has 2 rings (SSSR count). The highest BCUT2D eigenvalue weighted by Gasteiger charge is 2.41. The molecule has 1 aliphatic heterocycles. The van der Waals surface area contributed by atoms with E-state index in [0.717, 1.165) is 24.9 Å². The van der Waals surface area contributed by atoms with Gasteiger partial charge in [-0.25, -0.2) is 4.39 Å². The number of hydrogen-bond donors (Lipinski definition) is 1. The van der Waals surface area contributed by atoms with Crippen LogP contribution in [0.5, 0.6) is 5.75 Å². The minimum Gasteiger partial charge on any atom is -0.496 e. The molecule has 22 heavy (non-hydrogen) atoms. The van der Waals surface area contributed by atoms with Gasteiger partial charge in [-0.05, 0) is 44.0 Å². The normalized spacial score (nSPS) is 22.5. The zero-order valence-electron chi connectivity index (χ0n) is 13.3. The first-order valence-corrected chi connectivity index (χ1v) is 7.79. The summed E-state index contributed by atoms with van der Waals surface area (Å²) in [6, 6.07) is 4.46. The molecule has 0 spiro atoms. The van der Waals surface area contributed by atoms with E-state index >= 15 is 0 Å². The Bertz CT molecular complexity index is 531. The number of benzene rings is 1. The van der Waals surface area contributed by atoms with E-state index in [1.165, 1.54) is 12.1 Å². The van der Waals surface area contributed by atoms with Crippen LogP contribution in [-0.2, 0) is 11.3 Å². The van der Waals surface area contributed by atoms with Crippen LogP contribution in [0.15, 0.2) is 18.2 Å². The van der Waals surface area contributed by atoms with Gasteiger partial charge in [-0.15, -0.1) is 0 Å². The molecule has 1 saturated heterocycles. The number of aliphatic carboxylic acids is 1. The van der Waals surface area contributed by atoms with E-state index in [4.69, 9.17) is 4.74 Å².